The van der Waals surface area contributed by atoms with Crippen molar-refractivity contribution in [1.82, 2.24) is 19.6 Å². The number of pyridine rings is 2. The predicted molar refractivity (Wildman–Crippen MR) is 151 cm³/mol. The van der Waals surface area contributed by atoms with E-state index in [1.807, 2.05) is 12.1 Å². The van der Waals surface area contributed by atoms with Crippen LogP contribution in [0.2, 0.25) is 0 Å². The summed E-state index contributed by atoms with van der Waals surface area (Å²) in [6.45, 7) is 0.481. The molecule has 4 aromatic rings. The Morgan fingerprint density at radius 3 is 2.40 bits per heavy atom. The number of alkyl halides is 3. The van der Waals surface area contributed by atoms with Gasteiger partial charge in [-0.25, -0.2) is 17.8 Å². The molecule has 2 aromatic carbocycles. The molecule has 13 heteroatoms. The Kier molecular flexibility index (Phi) is 8.74. The number of rotatable bonds is 9. The molecule has 1 amide bonds. The molecule has 5 rings (SSSR count). The number of aromatic nitrogens is 2. The Labute approximate surface area is 245 Å². The third kappa shape index (κ3) is 7.17. The standard InChI is InChI=1S/C30H27F4N5O3S/c31-23-10-12-25(13-11-23)43(41,42)39-15-3-5-27(39)29(40)37-18-20-16-26(21-6-8-22(9-7-21)30(32,33)34)38-28(17-20)36-19-24-4-1-2-14-35-24/h1-2,4,6-14,16-17,27H,3,5,15,18-19H2,(H,36,38)(H,37,40)/t27-/m0/s1. The summed E-state index contributed by atoms with van der Waals surface area (Å²) in [6, 6.07) is 16.9. The summed E-state index contributed by atoms with van der Waals surface area (Å²) in [4.78, 5) is 21.9. The molecular formula is C30H27F4N5O3S. The molecule has 0 spiro atoms. The Bertz CT molecular complexity index is 1680. The largest absolute Gasteiger partial charge is 0.416 e. The Morgan fingerprint density at radius 2 is 1.72 bits per heavy atom. The van der Waals surface area contributed by atoms with Crippen molar-refractivity contribution >= 4 is 21.7 Å². The molecule has 1 atom stereocenters. The van der Waals surface area contributed by atoms with E-state index in [4.69, 9.17) is 0 Å². The summed E-state index contributed by atoms with van der Waals surface area (Å²) >= 11 is 0. The first kappa shape index (κ1) is 30.1. The van der Waals surface area contributed by atoms with Crippen LogP contribution < -0.4 is 10.6 Å². The molecule has 224 valence electrons. The highest BCUT2D eigenvalue weighted by atomic mass is 32.2. The lowest BCUT2D eigenvalue weighted by atomic mass is 10.1. The minimum absolute atomic E-state index is 0.00813. The Morgan fingerprint density at radius 1 is 0.977 bits per heavy atom. The number of sulfonamides is 1. The van der Waals surface area contributed by atoms with Crippen LogP contribution >= 0.6 is 0 Å². The monoisotopic (exact) mass is 613 g/mol. The van der Waals surface area contributed by atoms with E-state index in [-0.39, 0.29) is 18.0 Å². The highest BCUT2D eigenvalue weighted by Crippen LogP contribution is 2.31. The molecule has 0 radical (unpaired) electrons. The van der Waals surface area contributed by atoms with Crippen molar-refractivity contribution in [3.05, 3.63) is 108 Å². The number of amides is 1. The van der Waals surface area contributed by atoms with Gasteiger partial charge in [-0.15, -0.1) is 0 Å². The lowest BCUT2D eigenvalue weighted by Crippen LogP contribution is -2.45. The molecule has 1 fully saturated rings. The third-order valence-electron chi connectivity index (χ3n) is 6.96. The van der Waals surface area contributed by atoms with Gasteiger partial charge >= 0.3 is 6.18 Å². The summed E-state index contributed by atoms with van der Waals surface area (Å²) in [5.74, 6) is -0.663. The first-order valence-electron chi connectivity index (χ1n) is 13.4. The smallest absolute Gasteiger partial charge is 0.364 e. The van der Waals surface area contributed by atoms with Crippen molar-refractivity contribution < 1.29 is 30.8 Å². The summed E-state index contributed by atoms with van der Waals surface area (Å²) in [7, 11) is -4.03. The molecule has 43 heavy (non-hydrogen) atoms. The molecule has 2 aromatic heterocycles. The number of carbonyl (C=O) groups is 1. The molecule has 1 saturated heterocycles. The van der Waals surface area contributed by atoms with E-state index in [9.17, 15) is 30.8 Å². The second kappa shape index (κ2) is 12.5. The number of benzene rings is 2. The van der Waals surface area contributed by atoms with E-state index in [2.05, 4.69) is 20.6 Å². The van der Waals surface area contributed by atoms with E-state index in [0.29, 0.717) is 42.0 Å². The molecule has 3 heterocycles. The van der Waals surface area contributed by atoms with Crippen molar-refractivity contribution in [1.29, 1.82) is 0 Å². The van der Waals surface area contributed by atoms with E-state index in [0.717, 1.165) is 46.4 Å². The van der Waals surface area contributed by atoms with Gasteiger partial charge in [0.1, 0.15) is 17.7 Å². The number of anilines is 1. The van der Waals surface area contributed by atoms with Crippen LogP contribution in [0.3, 0.4) is 0 Å². The van der Waals surface area contributed by atoms with Gasteiger partial charge in [0, 0.05) is 24.8 Å². The van der Waals surface area contributed by atoms with Crippen LogP contribution in [0.5, 0.6) is 0 Å². The first-order chi connectivity index (χ1) is 20.5. The van der Waals surface area contributed by atoms with Gasteiger partial charge in [0.15, 0.2) is 0 Å². The summed E-state index contributed by atoms with van der Waals surface area (Å²) in [5, 5.41) is 5.95. The Balaban J connectivity index is 1.35. The maximum Gasteiger partial charge on any atom is 0.416 e. The van der Waals surface area contributed by atoms with Crippen molar-refractivity contribution in [3.63, 3.8) is 0 Å². The number of hydrogen-bond donors (Lipinski definition) is 2. The van der Waals surface area contributed by atoms with Gasteiger partial charge in [0.25, 0.3) is 0 Å². The van der Waals surface area contributed by atoms with Crippen molar-refractivity contribution in [2.45, 2.75) is 43.0 Å². The summed E-state index contributed by atoms with van der Waals surface area (Å²) < 4.78 is 80.2. The normalized spacial score (nSPS) is 15.8. The highest BCUT2D eigenvalue weighted by Gasteiger charge is 2.39. The Hall–Kier alpha value is -4.36. The van der Waals surface area contributed by atoms with Gasteiger partial charge in [0.05, 0.1) is 28.4 Å². The lowest BCUT2D eigenvalue weighted by molar-refractivity contribution is -0.137. The SMILES string of the molecule is O=C(NCc1cc(NCc2ccccn2)nc(-c2ccc(C(F)(F)F)cc2)c1)[C@@H]1CCCN1S(=O)(=O)c1ccc(F)cc1. The first-order valence-corrected chi connectivity index (χ1v) is 14.8. The van der Waals surface area contributed by atoms with E-state index >= 15 is 0 Å². The maximum atomic E-state index is 13.4. The zero-order valence-corrected chi connectivity index (χ0v) is 23.5. The molecular weight excluding hydrogens is 586 g/mol. The fraction of sp³-hybridized carbons (Fsp3) is 0.233. The lowest BCUT2D eigenvalue weighted by Gasteiger charge is -2.23. The van der Waals surface area contributed by atoms with E-state index in [1.165, 1.54) is 12.1 Å². The molecule has 1 aliphatic heterocycles. The number of hydrogen-bond acceptors (Lipinski definition) is 6. The van der Waals surface area contributed by atoms with E-state index in [1.54, 1.807) is 24.4 Å². The maximum absolute atomic E-state index is 13.4. The van der Waals surface area contributed by atoms with Gasteiger partial charge in [-0.2, -0.15) is 17.5 Å². The molecule has 0 aliphatic carbocycles. The second-order valence-corrected chi connectivity index (χ2v) is 11.8. The third-order valence-corrected chi connectivity index (χ3v) is 8.89. The van der Waals surface area contributed by atoms with Crippen LogP contribution in [0, 0.1) is 5.82 Å². The van der Waals surface area contributed by atoms with E-state index < -0.39 is 39.5 Å². The fourth-order valence-electron chi connectivity index (χ4n) is 4.78. The van der Waals surface area contributed by atoms with Gasteiger partial charge in [-0.3, -0.25) is 9.78 Å². The highest BCUT2D eigenvalue weighted by molar-refractivity contribution is 7.89. The van der Waals surface area contributed by atoms with Gasteiger partial charge in [-0.05, 0) is 79.1 Å². The van der Waals surface area contributed by atoms with Crippen LogP contribution in [-0.4, -0.2) is 41.2 Å². The van der Waals surface area contributed by atoms with Crippen LogP contribution in [0.4, 0.5) is 23.4 Å². The summed E-state index contributed by atoms with van der Waals surface area (Å²) in [6.07, 6.45) is -2.04. The minimum Gasteiger partial charge on any atom is -0.364 e. The van der Waals surface area contributed by atoms with Gasteiger partial charge < -0.3 is 10.6 Å². The van der Waals surface area contributed by atoms with Gasteiger partial charge in [-0.1, -0.05) is 18.2 Å². The summed E-state index contributed by atoms with van der Waals surface area (Å²) in [5.41, 5.74) is 1.36. The zero-order chi connectivity index (χ0) is 30.6. The van der Waals surface area contributed by atoms with Crippen LogP contribution in [0.15, 0.2) is 90.0 Å². The second-order valence-electron chi connectivity index (χ2n) is 9.94. The van der Waals surface area contributed by atoms with Gasteiger partial charge in [0.2, 0.25) is 15.9 Å². The average Bonchev–Trinajstić information content (AvgIpc) is 3.51. The van der Waals surface area contributed by atoms with Crippen LogP contribution in [0.25, 0.3) is 11.3 Å². The molecule has 0 saturated carbocycles. The van der Waals surface area contributed by atoms with Crippen LogP contribution in [0.1, 0.15) is 29.7 Å². The molecule has 8 nitrogen and oxygen atoms in total. The molecule has 1 aliphatic rings. The molecule has 0 bridgehead atoms. The fourth-order valence-corrected chi connectivity index (χ4v) is 6.44. The van der Waals surface area contributed by atoms with Crippen molar-refractivity contribution in [2.24, 2.45) is 0 Å². The molecule has 0 unspecified atom stereocenters. The number of halogens is 4. The average molecular weight is 614 g/mol. The zero-order valence-electron chi connectivity index (χ0n) is 22.7. The topological polar surface area (TPSA) is 104 Å². The van der Waals surface area contributed by atoms with Crippen molar-refractivity contribution in [3.8, 4) is 11.3 Å². The quantitative estimate of drug-likeness (QED) is 0.246. The predicted octanol–water partition coefficient (Wildman–Crippen LogP) is 5.38. The number of nitrogens with one attached hydrogen (secondary N) is 2. The number of carbonyl (C=O) groups excluding carboxylic acids is 1. The van der Waals surface area contributed by atoms with Crippen LogP contribution in [-0.2, 0) is 34.1 Å². The minimum atomic E-state index is -4.48. The molecule has 2 N–H and O–H groups in total. The van der Waals surface area contributed by atoms with Crippen molar-refractivity contribution in [2.75, 3.05) is 11.9 Å². The number of nitrogens with zero attached hydrogens (tertiary/aromatic N) is 3.